The van der Waals surface area contributed by atoms with Gasteiger partial charge in [0.25, 0.3) is 10.0 Å². The number of hydrogen-bond donors (Lipinski definition) is 2. The topological polar surface area (TPSA) is 63.2 Å². The Morgan fingerprint density at radius 1 is 1.18 bits per heavy atom. The SMILES string of the molecule is Cc1ccc(S(=O)(=O)Nc2ccc(C(=O)CS)cc2)c(Cl)c1. The largest absolute Gasteiger partial charge is 0.293 e. The third kappa shape index (κ3) is 3.82. The fourth-order valence-corrected chi connectivity index (χ4v) is 3.69. The van der Waals surface area contributed by atoms with Crippen LogP contribution in [0.15, 0.2) is 47.4 Å². The van der Waals surface area contributed by atoms with Crippen molar-refractivity contribution < 1.29 is 13.2 Å². The highest BCUT2D eigenvalue weighted by molar-refractivity contribution is 7.92. The van der Waals surface area contributed by atoms with Crippen molar-refractivity contribution in [1.29, 1.82) is 0 Å². The Hall–Kier alpha value is -1.50. The molecule has 0 saturated carbocycles. The number of nitrogens with one attached hydrogen (secondary N) is 1. The Labute approximate surface area is 140 Å². The number of ketones is 1. The smallest absolute Gasteiger partial charge is 0.263 e. The highest BCUT2D eigenvalue weighted by Gasteiger charge is 2.18. The number of benzene rings is 2. The highest BCUT2D eigenvalue weighted by atomic mass is 35.5. The molecule has 2 rings (SSSR count). The van der Waals surface area contributed by atoms with E-state index in [0.717, 1.165) is 5.56 Å². The zero-order valence-corrected chi connectivity index (χ0v) is 14.2. The number of sulfonamides is 1. The van der Waals surface area contributed by atoms with Gasteiger partial charge in [0, 0.05) is 11.3 Å². The lowest BCUT2D eigenvalue weighted by molar-refractivity contribution is 0.102. The Morgan fingerprint density at radius 3 is 2.36 bits per heavy atom. The number of aryl methyl sites for hydroxylation is 1. The molecule has 0 amide bonds. The van der Waals surface area contributed by atoms with Crippen LogP contribution in [0, 0.1) is 6.92 Å². The summed E-state index contributed by atoms with van der Waals surface area (Å²) < 4.78 is 27.1. The van der Waals surface area contributed by atoms with Crippen LogP contribution in [-0.4, -0.2) is 20.0 Å². The van der Waals surface area contributed by atoms with Gasteiger partial charge in [-0.2, -0.15) is 12.6 Å². The molecule has 116 valence electrons. The van der Waals surface area contributed by atoms with Crippen LogP contribution < -0.4 is 4.72 Å². The van der Waals surface area contributed by atoms with Crippen LogP contribution >= 0.6 is 24.2 Å². The molecule has 0 aliphatic heterocycles. The molecule has 1 N–H and O–H groups in total. The van der Waals surface area contributed by atoms with Gasteiger partial charge in [0.15, 0.2) is 5.78 Å². The zero-order chi connectivity index (χ0) is 16.3. The Morgan fingerprint density at radius 2 is 1.82 bits per heavy atom. The van der Waals surface area contributed by atoms with Crippen LogP contribution in [0.3, 0.4) is 0 Å². The van der Waals surface area contributed by atoms with Crippen molar-refractivity contribution in [2.24, 2.45) is 0 Å². The first-order valence-corrected chi connectivity index (χ1v) is 8.86. The minimum atomic E-state index is -3.78. The number of anilines is 1. The van der Waals surface area contributed by atoms with Crippen molar-refractivity contribution in [3.8, 4) is 0 Å². The van der Waals surface area contributed by atoms with E-state index in [9.17, 15) is 13.2 Å². The third-order valence-corrected chi connectivity index (χ3v) is 5.13. The molecule has 0 unspecified atom stereocenters. The van der Waals surface area contributed by atoms with Gasteiger partial charge in [-0.25, -0.2) is 8.42 Å². The van der Waals surface area contributed by atoms with Crippen molar-refractivity contribution in [2.75, 3.05) is 10.5 Å². The molecule has 0 aliphatic rings. The first-order valence-electron chi connectivity index (χ1n) is 6.36. The molecular formula is C15H14ClNO3S2. The van der Waals surface area contributed by atoms with Gasteiger partial charge in [0.2, 0.25) is 0 Å². The van der Waals surface area contributed by atoms with Crippen molar-refractivity contribution in [3.63, 3.8) is 0 Å². The second kappa shape index (κ2) is 6.73. The van der Waals surface area contributed by atoms with Crippen LogP contribution in [0.25, 0.3) is 0 Å². The lowest BCUT2D eigenvalue weighted by Gasteiger charge is -2.10. The molecule has 0 aliphatic carbocycles. The molecule has 0 radical (unpaired) electrons. The van der Waals surface area contributed by atoms with E-state index >= 15 is 0 Å². The van der Waals surface area contributed by atoms with Crippen molar-refractivity contribution in [1.82, 2.24) is 0 Å². The molecule has 2 aromatic carbocycles. The average molecular weight is 356 g/mol. The summed E-state index contributed by atoms with van der Waals surface area (Å²) in [6, 6.07) is 10.9. The number of thiol groups is 1. The number of halogens is 1. The van der Waals surface area contributed by atoms with Crippen molar-refractivity contribution in [2.45, 2.75) is 11.8 Å². The molecule has 4 nitrogen and oxygen atoms in total. The zero-order valence-electron chi connectivity index (χ0n) is 11.7. The number of Topliss-reactive ketones (excluding diaryl/α,β-unsaturated/α-hetero) is 1. The summed E-state index contributed by atoms with van der Waals surface area (Å²) in [6.45, 7) is 1.83. The van der Waals surface area contributed by atoms with E-state index in [4.69, 9.17) is 11.6 Å². The van der Waals surface area contributed by atoms with E-state index in [2.05, 4.69) is 17.4 Å². The van der Waals surface area contributed by atoms with E-state index < -0.39 is 10.0 Å². The fraction of sp³-hybridized carbons (Fsp3) is 0.133. The molecule has 7 heteroatoms. The molecule has 0 heterocycles. The first kappa shape index (κ1) is 16.9. The van der Waals surface area contributed by atoms with Gasteiger partial charge in [-0.1, -0.05) is 17.7 Å². The molecular weight excluding hydrogens is 342 g/mol. The predicted molar refractivity (Wildman–Crippen MR) is 91.6 cm³/mol. The predicted octanol–water partition coefficient (Wildman–Crippen LogP) is 3.56. The second-order valence-corrected chi connectivity index (χ2v) is 7.07. The Kier molecular flexibility index (Phi) is 5.16. The van der Waals surface area contributed by atoms with Gasteiger partial charge in [-0.3, -0.25) is 9.52 Å². The Bertz CT molecular complexity index is 802. The van der Waals surface area contributed by atoms with Gasteiger partial charge >= 0.3 is 0 Å². The van der Waals surface area contributed by atoms with Crippen molar-refractivity contribution in [3.05, 3.63) is 58.6 Å². The van der Waals surface area contributed by atoms with E-state index in [0.29, 0.717) is 11.3 Å². The second-order valence-electron chi connectivity index (χ2n) is 4.70. The summed E-state index contributed by atoms with van der Waals surface area (Å²) in [5.74, 6) is -0.0244. The van der Waals surface area contributed by atoms with E-state index in [1.165, 1.54) is 18.2 Å². The molecule has 2 aromatic rings. The maximum atomic E-state index is 12.3. The maximum absolute atomic E-state index is 12.3. The molecule has 0 bridgehead atoms. The normalized spacial score (nSPS) is 11.2. The molecule has 0 atom stereocenters. The lowest BCUT2D eigenvalue weighted by Crippen LogP contribution is -2.13. The van der Waals surface area contributed by atoms with Gasteiger partial charge in [-0.15, -0.1) is 0 Å². The minimum Gasteiger partial charge on any atom is -0.293 e. The van der Waals surface area contributed by atoms with E-state index in [1.807, 2.05) is 6.92 Å². The standard InChI is InChI=1S/C15H14ClNO3S2/c1-10-2-7-15(13(16)8-10)22(19,20)17-12-5-3-11(4-6-12)14(18)9-21/h2-8,17,21H,9H2,1H3. The Balaban J connectivity index is 2.27. The third-order valence-electron chi connectivity index (χ3n) is 2.98. The van der Waals surface area contributed by atoms with Crippen LogP contribution in [-0.2, 0) is 10.0 Å². The monoisotopic (exact) mass is 355 g/mol. The van der Waals surface area contributed by atoms with Crippen LogP contribution in [0.4, 0.5) is 5.69 Å². The van der Waals surface area contributed by atoms with Crippen LogP contribution in [0.1, 0.15) is 15.9 Å². The number of hydrogen-bond acceptors (Lipinski definition) is 4. The summed E-state index contributed by atoms with van der Waals surface area (Å²) in [5.41, 5.74) is 1.71. The number of carbonyl (C=O) groups excluding carboxylic acids is 1. The molecule has 22 heavy (non-hydrogen) atoms. The minimum absolute atomic E-state index is 0.00952. The molecule has 0 spiro atoms. The van der Waals surface area contributed by atoms with Gasteiger partial charge in [0.05, 0.1) is 10.8 Å². The van der Waals surface area contributed by atoms with Gasteiger partial charge in [-0.05, 0) is 48.9 Å². The van der Waals surface area contributed by atoms with Gasteiger partial charge < -0.3 is 0 Å². The summed E-state index contributed by atoms with van der Waals surface area (Å²) in [7, 11) is -3.78. The molecule has 0 fully saturated rings. The van der Waals surface area contributed by atoms with E-state index in [1.54, 1.807) is 24.3 Å². The maximum Gasteiger partial charge on any atom is 0.263 e. The molecule has 0 saturated heterocycles. The van der Waals surface area contributed by atoms with Crippen LogP contribution in [0.2, 0.25) is 5.02 Å². The summed E-state index contributed by atoms with van der Waals surface area (Å²) in [6.07, 6.45) is 0. The van der Waals surface area contributed by atoms with Crippen LogP contribution in [0.5, 0.6) is 0 Å². The average Bonchev–Trinajstić information content (AvgIpc) is 2.46. The first-order chi connectivity index (χ1) is 10.3. The quantitative estimate of drug-likeness (QED) is 0.636. The highest BCUT2D eigenvalue weighted by Crippen LogP contribution is 2.25. The van der Waals surface area contributed by atoms with E-state index in [-0.39, 0.29) is 21.5 Å². The van der Waals surface area contributed by atoms with Gasteiger partial charge in [0.1, 0.15) is 4.90 Å². The fourth-order valence-electron chi connectivity index (χ4n) is 1.85. The number of rotatable bonds is 5. The lowest BCUT2D eigenvalue weighted by atomic mass is 10.1. The molecule has 0 aromatic heterocycles. The number of carbonyl (C=O) groups is 1. The summed E-state index contributed by atoms with van der Waals surface area (Å²) in [5, 5.41) is 0.161. The van der Waals surface area contributed by atoms with Crippen molar-refractivity contribution >= 4 is 45.7 Å². The summed E-state index contributed by atoms with van der Waals surface area (Å²) >= 11 is 9.91. The summed E-state index contributed by atoms with van der Waals surface area (Å²) in [4.78, 5) is 11.5.